The number of nitrogens with zero attached hydrogens (tertiary/aromatic N) is 1. The molecule has 6 heteroatoms. The van der Waals surface area contributed by atoms with Crippen LogP contribution in [0.15, 0.2) is 47.4 Å². The van der Waals surface area contributed by atoms with Gasteiger partial charge in [0.05, 0.1) is 24.8 Å². The molecule has 1 aliphatic rings. The molecule has 1 aromatic heterocycles. The number of benzene rings is 1. The number of H-pyrrole nitrogens is 1. The molecule has 25 heavy (non-hydrogen) atoms. The van der Waals surface area contributed by atoms with Gasteiger partial charge in [0.15, 0.2) is 0 Å². The number of nitrogens with one attached hydrogen (secondary N) is 2. The molecule has 132 valence electrons. The second-order valence-corrected chi connectivity index (χ2v) is 6.23. The van der Waals surface area contributed by atoms with Gasteiger partial charge in [0.2, 0.25) is 5.56 Å². The van der Waals surface area contributed by atoms with Crippen molar-refractivity contribution in [3.8, 4) is 0 Å². The standard InChI is InChI=1S/C19H23N3O3/c1-14-2-4-15(5-3-14)17(22-8-10-25-11-9-22)13-21-19(24)16-6-7-18(23)20-12-16/h2-7,12,17H,8-11,13H2,1H3,(H,20,23)(H,21,24)/t17-/m1/s1. The van der Waals surface area contributed by atoms with Gasteiger partial charge in [-0.2, -0.15) is 0 Å². The van der Waals surface area contributed by atoms with E-state index >= 15 is 0 Å². The van der Waals surface area contributed by atoms with Crippen molar-refractivity contribution in [1.29, 1.82) is 0 Å². The molecule has 1 aliphatic heterocycles. The van der Waals surface area contributed by atoms with E-state index in [-0.39, 0.29) is 17.5 Å². The fourth-order valence-electron chi connectivity index (χ4n) is 2.98. The third kappa shape index (κ3) is 4.55. The van der Waals surface area contributed by atoms with Crippen molar-refractivity contribution in [3.05, 3.63) is 69.6 Å². The fourth-order valence-corrected chi connectivity index (χ4v) is 2.98. The van der Waals surface area contributed by atoms with Crippen LogP contribution in [-0.2, 0) is 4.74 Å². The lowest BCUT2D eigenvalue weighted by Gasteiger charge is -2.35. The molecule has 1 fully saturated rings. The first-order valence-electron chi connectivity index (χ1n) is 8.49. The van der Waals surface area contributed by atoms with Crippen LogP contribution in [0.5, 0.6) is 0 Å². The van der Waals surface area contributed by atoms with Crippen molar-refractivity contribution in [2.45, 2.75) is 13.0 Å². The second kappa shape index (κ2) is 8.09. The summed E-state index contributed by atoms with van der Waals surface area (Å²) in [5.41, 5.74) is 2.61. The van der Waals surface area contributed by atoms with Gasteiger partial charge in [0.1, 0.15) is 0 Å². The van der Waals surface area contributed by atoms with Crippen molar-refractivity contribution in [2.75, 3.05) is 32.8 Å². The zero-order valence-corrected chi connectivity index (χ0v) is 14.3. The molecule has 1 saturated heterocycles. The Balaban J connectivity index is 1.72. The maximum atomic E-state index is 12.4. The maximum Gasteiger partial charge on any atom is 0.252 e. The van der Waals surface area contributed by atoms with Crippen LogP contribution in [0.25, 0.3) is 0 Å². The van der Waals surface area contributed by atoms with Gasteiger partial charge >= 0.3 is 0 Å². The first-order valence-corrected chi connectivity index (χ1v) is 8.49. The zero-order chi connectivity index (χ0) is 17.6. The molecular formula is C19H23N3O3. The number of aromatic nitrogens is 1. The number of hydrogen-bond donors (Lipinski definition) is 2. The minimum absolute atomic E-state index is 0.0937. The summed E-state index contributed by atoms with van der Waals surface area (Å²) in [6, 6.07) is 11.4. The van der Waals surface area contributed by atoms with Gasteiger partial charge in [-0.15, -0.1) is 0 Å². The first kappa shape index (κ1) is 17.4. The summed E-state index contributed by atoms with van der Waals surface area (Å²) in [5, 5.41) is 2.99. The Hall–Kier alpha value is -2.44. The number of amides is 1. The number of ether oxygens (including phenoxy) is 1. The molecule has 0 bridgehead atoms. The number of aryl methyl sites for hydroxylation is 1. The van der Waals surface area contributed by atoms with Crippen LogP contribution >= 0.6 is 0 Å². The second-order valence-electron chi connectivity index (χ2n) is 6.23. The van der Waals surface area contributed by atoms with Crippen LogP contribution in [0.1, 0.15) is 27.5 Å². The summed E-state index contributed by atoms with van der Waals surface area (Å²) in [6.07, 6.45) is 1.44. The monoisotopic (exact) mass is 341 g/mol. The molecule has 6 nitrogen and oxygen atoms in total. The lowest BCUT2D eigenvalue weighted by atomic mass is 10.0. The highest BCUT2D eigenvalue weighted by molar-refractivity contribution is 5.93. The lowest BCUT2D eigenvalue weighted by Crippen LogP contribution is -2.43. The Morgan fingerprint density at radius 2 is 1.92 bits per heavy atom. The molecule has 1 atom stereocenters. The molecule has 0 radical (unpaired) electrons. The molecule has 2 heterocycles. The summed E-state index contributed by atoms with van der Waals surface area (Å²) in [7, 11) is 0. The zero-order valence-electron chi connectivity index (χ0n) is 14.3. The van der Waals surface area contributed by atoms with Gasteiger partial charge in [-0.05, 0) is 18.6 Å². The molecule has 3 rings (SSSR count). The van der Waals surface area contributed by atoms with Gasteiger partial charge in [-0.1, -0.05) is 29.8 Å². The van der Waals surface area contributed by atoms with Crippen LogP contribution in [-0.4, -0.2) is 48.6 Å². The number of morpholine rings is 1. The third-order valence-electron chi connectivity index (χ3n) is 4.45. The highest BCUT2D eigenvalue weighted by Crippen LogP contribution is 2.22. The van der Waals surface area contributed by atoms with E-state index in [2.05, 4.69) is 46.4 Å². The normalized spacial score (nSPS) is 16.4. The number of hydrogen-bond acceptors (Lipinski definition) is 4. The Morgan fingerprint density at radius 1 is 1.20 bits per heavy atom. The van der Waals surface area contributed by atoms with Crippen LogP contribution in [0.4, 0.5) is 0 Å². The van der Waals surface area contributed by atoms with Crippen molar-refractivity contribution in [3.63, 3.8) is 0 Å². The number of pyridine rings is 1. The number of carbonyl (C=O) groups excluding carboxylic acids is 1. The van der Waals surface area contributed by atoms with Gasteiger partial charge in [-0.3, -0.25) is 14.5 Å². The van der Waals surface area contributed by atoms with Crippen molar-refractivity contribution < 1.29 is 9.53 Å². The van der Waals surface area contributed by atoms with E-state index in [1.165, 1.54) is 29.5 Å². The Labute approximate surface area is 146 Å². The molecular weight excluding hydrogens is 318 g/mol. The molecule has 0 spiro atoms. The predicted octanol–water partition coefficient (Wildman–Crippen LogP) is 1.49. The van der Waals surface area contributed by atoms with Gasteiger partial charge in [0, 0.05) is 31.9 Å². The van der Waals surface area contributed by atoms with Crippen LogP contribution in [0, 0.1) is 6.92 Å². The minimum Gasteiger partial charge on any atom is -0.379 e. The number of aromatic amines is 1. The fraction of sp³-hybridized carbons (Fsp3) is 0.368. The summed E-state index contributed by atoms with van der Waals surface area (Å²) in [5.74, 6) is -0.193. The summed E-state index contributed by atoms with van der Waals surface area (Å²) < 4.78 is 5.45. The van der Waals surface area contributed by atoms with E-state index in [0.29, 0.717) is 25.3 Å². The van der Waals surface area contributed by atoms with Crippen molar-refractivity contribution >= 4 is 5.91 Å². The van der Waals surface area contributed by atoms with E-state index < -0.39 is 0 Å². The SMILES string of the molecule is Cc1ccc([C@@H](CNC(=O)c2ccc(=O)[nH]c2)N2CCOCC2)cc1. The highest BCUT2D eigenvalue weighted by Gasteiger charge is 2.23. The molecule has 0 aliphatic carbocycles. The number of carbonyl (C=O) groups is 1. The van der Waals surface area contributed by atoms with E-state index in [0.717, 1.165) is 13.1 Å². The minimum atomic E-state index is -0.220. The quantitative estimate of drug-likeness (QED) is 0.864. The summed E-state index contributed by atoms with van der Waals surface area (Å²) in [6.45, 7) is 5.65. The maximum absolute atomic E-state index is 12.4. The molecule has 1 amide bonds. The van der Waals surface area contributed by atoms with Gasteiger partial charge < -0.3 is 15.0 Å². The van der Waals surface area contributed by atoms with E-state index in [1.807, 2.05) is 0 Å². The molecule has 0 unspecified atom stereocenters. The Bertz CT molecular complexity index is 744. The van der Waals surface area contributed by atoms with E-state index in [1.54, 1.807) is 0 Å². The van der Waals surface area contributed by atoms with E-state index in [9.17, 15) is 9.59 Å². The van der Waals surface area contributed by atoms with Crippen LogP contribution < -0.4 is 10.9 Å². The lowest BCUT2D eigenvalue weighted by molar-refractivity contribution is 0.0162. The highest BCUT2D eigenvalue weighted by atomic mass is 16.5. The van der Waals surface area contributed by atoms with Crippen LogP contribution in [0.2, 0.25) is 0 Å². The smallest absolute Gasteiger partial charge is 0.252 e. The molecule has 1 aromatic carbocycles. The molecule has 0 saturated carbocycles. The summed E-state index contributed by atoms with van der Waals surface area (Å²) >= 11 is 0. The first-order chi connectivity index (χ1) is 12.1. The number of rotatable bonds is 5. The Morgan fingerprint density at radius 3 is 2.56 bits per heavy atom. The van der Waals surface area contributed by atoms with Gasteiger partial charge in [-0.25, -0.2) is 0 Å². The average Bonchev–Trinajstić information content (AvgIpc) is 2.64. The average molecular weight is 341 g/mol. The Kier molecular flexibility index (Phi) is 5.63. The predicted molar refractivity (Wildman–Crippen MR) is 95.7 cm³/mol. The molecule has 2 N–H and O–H groups in total. The third-order valence-corrected chi connectivity index (χ3v) is 4.45. The van der Waals surface area contributed by atoms with Gasteiger partial charge in [0.25, 0.3) is 5.91 Å². The van der Waals surface area contributed by atoms with Crippen LogP contribution in [0.3, 0.4) is 0 Å². The largest absolute Gasteiger partial charge is 0.379 e. The van der Waals surface area contributed by atoms with Crippen molar-refractivity contribution in [1.82, 2.24) is 15.2 Å². The van der Waals surface area contributed by atoms with Crippen molar-refractivity contribution in [2.24, 2.45) is 0 Å². The van der Waals surface area contributed by atoms with E-state index in [4.69, 9.17) is 4.74 Å². The topological polar surface area (TPSA) is 74.4 Å². The summed E-state index contributed by atoms with van der Waals surface area (Å²) in [4.78, 5) is 28.3. The molecule has 2 aromatic rings.